The number of hydrogen-bond donors (Lipinski definition) is 1. The van der Waals surface area contributed by atoms with Crippen LogP contribution in [0.25, 0.3) is 0 Å². The Hall–Kier alpha value is -1.65. The fourth-order valence-corrected chi connectivity index (χ4v) is 1.48. The van der Waals surface area contributed by atoms with Gasteiger partial charge in [-0.2, -0.15) is 0 Å². The van der Waals surface area contributed by atoms with Gasteiger partial charge in [0.1, 0.15) is 0 Å². The van der Waals surface area contributed by atoms with Gasteiger partial charge >= 0.3 is 5.97 Å². The minimum absolute atomic E-state index is 0.0282. The van der Waals surface area contributed by atoms with Crippen molar-refractivity contribution in [2.24, 2.45) is 0 Å². The molecule has 88 valence electrons. The van der Waals surface area contributed by atoms with Gasteiger partial charge in [0.15, 0.2) is 11.5 Å². The highest BCUT2D eigenvalue weighted by atomic mass is 16.4. The van der Waals surface area contributed by atoms with Crippen molar-refractivity contribution >= 4 is 11.8 Å². The highest BCUT2D eigenvalue weighted by molar-refractivity contribution is 5.90. The second-order valence-corrected chi connectivity index (χ2v) is 3.47. The Balaban J connectivity index is 2.94. The van der Waals surface area contributed by atoms with E-state index in [0.29, 0.717) is 5.82 Å². The third-order valence-corrected chi connectivity index (χ3v) is 2.34. The fraction of sp³-hybridized carbons (Fsp3) is 0.545. The molecule has 16 heavy (non-hydrogen) atoms. The number of carboxylic acids is 1. The van der Waals surface area contributed by atoms with Gasteiger partial charge in [0.25, 0.3) is 0 Å². The predicted molar refractivity (Wildman–Crippen MR) is 61.8 cm³/mol. The van der Waals surface area contributed by atoms with E-state index in [4.69, 9.17) is 5.11 Å². The summed E-state index contributed by atoms with van der Waals surface area (Å²) in [6.07, 6.45) is 5.01. The minimum atomic E-state index is -1.03. The van der Waals surface area contributed by atoms with Crippen LogP contribution in [0.2, 0.25) is 0 Å². The molecule has 1 heterocycles. The molecular weight excluding hydrogens is 206 g/mol. The van der Waals surface area contributed by atoms with Crippen molar-refractivity contribution < 1.29 is 9.90 Å². The molecule has 0 aliphatic carbocycles. The summed E-state index contributed by atoms with van der Waals surface area (Å²) in [5.41, 5.74) is 0.0282. The molecule has 0 spiro atoms. The number of unbranched alkanes of at least 4 members (excludes halogenated alkanes) is 1. The number of carboxylic acid groups (broad SMARTS) is 1. The average Bonchev–Trinajstić information content (AvgIpc) is 2.30. The molecule has 1 aromatic rings. The van der Waals surface area contributed by atoms with Crippen molar-refractivity contribution in [1.82, 2.24) is 9.97 Å². The first-order valence-corrected chi connectivity index (χ1v) is 5.49. The number of nitrogens with zero attached hydrogens (tertiary/aromatic N) is 3. The lowest BCUT2D eigenvalue weighted by Crippen LogP contribution is -2.27. The van der Waals surface area contributed by atoms with E-state index in [-0.39, 0.29) is 5.69 Å². The summed E-state index contributed by atoms with van der Waals surface area (Å²) in [5.74, 6) is -0.566. The van der Waals surface area contributed by atoms with Gasteiger partial charge in [0.2, 0.25) is 0 Å². The maximum Gasteiger partial charge on any atom is 0.358 e. The Bertz CT molecular complexity index is 355. The van der Waals surface area contributed by atoms with Crippen molar-refractivity contribution in [2.75, 3.05) is 18.0 Å². The number of aromatic nitrogens is 2. The maximum atomic E-state index is 11.0. The standard InChI is InChI=1S/C11H17N3O2/c1-3-5-8-14(4-2)10-9(11(15)16)12-6-7-13-10/h6-7H,3-5,8H2,1-2H3,(H,15,16). The van der Waals surface area contributed by atoms with Gasteiger partial charge in [0, 0.05) is 25.5 Å². The summed E-state index contributed by atoms with van der Waals surface area (Å²) in [4.78, 5) is 20.9. The van der Waals surface area contributed by atoms with Crippen LogP contribution in [0.5, 0.6) is 0 Å². The van der Waals surface area contributed by atoms with Gasteiger partial charge in [-0.05, 0) is 13.3 Å². The van der Waals surface area contributed by atoms with Gasteiger partial charge in [-0.1, -0.05) is 13.3 Å². The molecule has 0 unspecified atom stereocenters. The van der Waals surface area contributed by atoms with Gasteiger partial charge in [-0.25, -0.2) is 14.8 Å². The zero-order valence-electron chi connectivity index (χ0n) is 9.68. The van der Waals surface area contributed by atoms with E-state index in [1.807, 2.05) is 11.8 Å². The Morgan fingerprint density at radius 2 is 2.06 bits per heavy atom. The molecule has 0 saturated carbocycles. The molecule has 0 radical (unpaired) electrons. The highest BCUT2D eigenvalue weighted by Crippen LogP contribution is 2.15. The van der Waals surface area contributed by atoms with Crippen LogP contribution in [-0.2, 0) is 0 Å². The molecule has 0 aromatic carbocycles. The fourth-order valence-electron chi connectivity index (χ4n) is 1.48. The number of carbonyl (C=O) groups is 1. The van der Waals surface area contributed by atoms with Gasteiger partial charge in [0.05, 0.1) is 0 Å². The summed E-state index contributed by atoms with van der Waals surface area (Å²) in [6, 6.07) is 0. The lowest BCUT2D eigenvalue weighted by molar-refractivity contribution is 0.0690. The first-order valence-electron chi connectivity index (χ1n) is 5.49. The topological polar surface area (TPSA) is 66.3 Å². The predicted octanol–water partition coefficient (Wildman–Crippen LogP) is 1.80. The monoisotopic (exact) mass is 223 g/mol. The summed E-state index contributed by atoms with van der Waals surface area (Å²) in [7, 11) is 0. The zero-order valence-corrected chi connectivity index (χ0v) is 9.68. The van der Waals surface area contributed by atoms with Crippen LogP contribution in [0.4, 0.5) is 5.82 Å². The Morgan fingerprint density at radius 3 is 2.62 bits per heavy atom. The van der Waals surface area contributed by atoms with Crippen LogP contribution >= 0.6 is 0 Å². The molecule has 0 fully saturated rings. The normalized spacial score (nSPS) is 10.1. The lowest BCUT2D eigenvalue weighted by atomic mass is 10.3. The molecule has 0 bridgehead atoms. The van der Waals surface area contributed by atoms with Gasteiger partial charge < -0.3 is 10.0 Å². The molecule has 0 atom stereocenters. The third kappa shape index (κ3) is 2.92. The van der Waals surface area contributed by atoms with E-state index in [1.165, 1.54) is 12.4 Å². The summed E-state index contributed by atoms with van der Waals surface area (Å²) < 4.78 is 0. The number of rotatable bonds is 6. The van der Waals surface area contributed by atoms with E-state index in [2.05, 4.69) is 16.9 Å². The molecule has 5 nitrogen and oxygen atoms in total. The van der Waals surface area contributed by atoms with E-state index in [9.17, 15) is 4.79 Å². The summed E-state index contributed by atoms with van der Waals surface area (Å²) in [5, 5.41) is 9.01. The molecule has 0 aliphatic heterocycles. The molecule has 5 heteroatoms. The molecule has 0 amide bonds. The van der Waals surface area contributed by atoms with E-state index in [0.717, 1.165) is 25.9 Å². The van der Waals surface area contributed by atoms with Crippen LogP contribution in [0.15, 0.2) is 12.4 Å². The highest BCUT2D eigenvalue weighted by Gasteiger charge is 2.17. The molecular formula is C11H17N3O2. The van der Waals surface area contributed by atoms with Crippen molar-refractivity contribution in [3.63, 3.8) is 0 Å². The number of hydrogen-bond acceptors (Lipinski definition) is 4. The average molecular weight is 223 g/mol. The third-order valence-electron chi connectivity index (χ3n) is 2.34. The molecule has 0 aliphatic rings. The summed E-state index contributed by atoms with van der Waals surface area (Å²) >= 11 is 0. The first kappa shape index (κ1) is 12.4. The van der Waals surface area contributed by atoms with Crippen LogP contribution < -0.4 is 4.90 Å². The van der Waals surface area contributed by atoms with Crippen molar-refractivity contribution in [3.05, 3.63) is 18.1 Å². The van der Waals surface area contributed by atoms with E-state index < -0.39 is 5.97 Å². The van der Waals surface area contributed by atoms with Crippen LogP contribution in [-0.4, -0.2) is 34.1 Å². The van der Waals surface area contributed by atoms with Crippen LogP contribution in [0.3, 0.4) is 0 Å². The minimum Gasteiger partial charge on any atom is -0.476 e. The van der Waals surface area contributed by atoms with Crippen molar-refractivity contribution in [3.8, 4) is 0 Å². The zero-order chi connectivity index (χ0) is 12.0. The smallest absolute Gasteiger partial charge is 0.358 e. The Kier molecular flexibility index (Phi) is 4.69. The Labute approximate surface area is 95.1 Å². The number of aromatic carboxylic acids is 1. The Morgan fingerprint density at radius 1 is 1.38 bits per heavy atom. The largest absolute Gasteiger partial charge is 0.476 e. The van der Waals surface area contributed by atoms with E-state index in [1.54, 1.807) is 0 Å². The summed E-state index contributed by atoms with van der Waals surface area (Å²) in [6.45, 7) is 5.63. The quantitative estimate of drug-likeness (QED) is 0.796. The SMILES string of the molecule is CCCCN(CC)c1nccnc1C(=O)O. The van der Waals surface area contributed by atoms with Crippen LogP contribution in [0.1, 0.15) is 37.2 Å². The second kappa shape index (κ2) is 6.05. The molecule has 1 rings (SSSR count). The first-order chi connectivity index (χ1) is 7.70. The number of anilines is 1. The van der Waals surface area contributed by atoms with Crippen molar-refractivity contribution in [2.45, 2.75) is 26.7 Å². The molecule has 1 aromatic heterocycles. The molecule has 1 N–H and O–H groups in total. The lowest BCUT2D eigenvalue weighted by Gasteiger charge is -2.22. The second-order valence-electron chi connectivity index (χ2n) is 3.47. The molecule has 0 saturated heterocycles. The van der Waals surface area contributed by atoms with E-state index >= 15 is 0 Å². The van der Waals surface area contributed by atoms with Gasteiger partial charge in [-0.3, -0.25) is 0 Å². The van der Waals surface area contributed by atoms with Crippen molar-refractivity contribution in [1.29, 1.82) is 0 Å². The van der Waals surface area contributed by atoms with Crippen LogP contribution in [0, 0.1) is 0 Å². The maximum absolute atomic E-state index is 11.0. The van der Waals surface area contributed by atoms with Gasteiger partial charge in [-0.15, -0.1) is 0 Å².